The van der Waals surface area contributed by atoms with E-state index in [0.29, 0.717) is 19.1 Å². The maximum atomic E-state index is 11.0. The van der Waals surface area contributed by atoms with Crippen molar-refractivity contribution in [1.29, 1.82) is 0 Å². The first-order chi connectivity index (χ1) is 14.2. The molecule has 30 heavy (non-hydrogen) atoms. The van der Waals surface area contributed by atoms with E-state index in [0.717, 1.165) is 19.3 Å². The molecule has 0 aromatic heterocycles. The van der Waals surface area contributed by atoms with Gasteiger partial charge in [0.1, 0.15) is 0 Å². The highest BCUT2D eigenvalue weighted by Crippen LogP contribution is 2.30. The monoisotopic (exact) mass is 424 g/mol. The fourth-order valence-corrected chi connectivity index (χ4v) is 2.94. The van der Waals surface area contributed by atoms with E-state index in [-0.39, 0.29) is 17.4 Å². The summed E-state index contributed by atoms with van der Waals surface area (Å²) in [6, 6.07) is 0. The molecule has 0 radical (unpaired) electrons. The average Bonchev–Trinajstić information content (AvgIpc) is 2.71. The molecule has 0 saturated heterocycles. The van der Waals surface area contributed by atoms with Gasteiger partial charge in [-0.2, -0.15) is 0 Å². The average molecular weight is 425 g/mol. The van der Waals surface area contributed by atoms with E-state index in [4.69, 9.17) is 9.47 Å². The Hall–Kier alpha value is -1.58. The van der Waals surface area contributed by atoms with Crippen molar-refractivity contribution in [3.05, 3.63) is 25.3 Å². The topological polar surface area (TPSA) is 52.6 Å². The second-order valence-corrected chi connectivity index (χ2v) is 8.89. The van der Waals surface area contributed by atoms with Crippen molar-refractivity contribution in [3.63, 3.8) is 0 Å². The molecule has 0 aromatic carbocycles. The van der Waals surface area contributed by atoms with Gasteiger partial charge in [-0.25, -0.2) is 9.59 Å². The number of carbonyl (C=O) groups excluding carboxylic acids is 2. The summed E-state index contributed by atoms with van der Waals surface area (Å²) < 4.78 is 10.0. The molecule has 0 rings (SSSR count). The van der Waals surface area contributed by atoms with E-state index in [9.17, 15) is 9.59 Å². The molecule has 0 bridgehead atoms. The van der Waals surface area contributed by atoms with Crippen LogP contribution in [0.5, 0.6) is 0 Å². The molecule has 0 amide bonds. The zero-order valence-electron chi connectivity index (χ0n) is 20.5. The van der Waals surface area contributed by atoms with Crippen LogP contribution in [0, 0.1) is 11.3 Å². The fraction of sp³-hybridized carbons (Fsp3) is 0.769. The van der Waals surface area contributed by atoms with Crippen molar-refractivity contribution in [3.8, 4) is 0 Å². The Morgan fingerprint density at radius 3 is 1.73 bits per heavy atom. The minimum Gasteiger partial charge on any atom is -0.463 e. The van der Waals surface area contributed by atoms with Crippen LogP contribution in [0.4, 0.5) is 0 Å². The molecule has 176 valence electrons. The summed E-state index contributed by atoms with van der Waals surface area (Å²) in [5.41, 5.74) is 0.190. The van der Waals surface area contributed by atoms with E-state index in [1.54, 1.807) is 0 Å². The summed E-state index contributed by atoms with van der Waals surface area (Å²) in [5, 5.41) is 0. The van der Waals surface area contributed by atoms with E-state index < -0.39 is 0 Å². The third-order valence-corrected chi connectivity index (χ3v) is 5.13. The molecule has 0 aliphatic heterocycles. The van der Waals surface area contributed by atoms with E-state index in [1.165, 1.54) is 63.5 Å². The Labute approximate surface area is 186 Å². The highest BCUT2D eigenvalue weighted by molar-refractivity contribution is 5.81. The second kappa shape index (κ2) is 20.7. The van der Waals surface area contributed by atoms with Gasteiger partial charge >= 0.3 is 11.9 Å². The van der Waals surface area contributed by atoms with Crippen molar-refractivity contribution in [2.75, 3.05) is 13.2 Å². The Bertz CT molecular complexity index is 448. The van der Waals surface area contributed by atoms with E-state index in [1.807, 2.05) is 0 Å². The SMILES string of the molecule is C=CC(=O)OCC(CCCCC)C(C)(C)C.C=CC(=O)OCCCCCCCCC. The molecule has 0 aliphatic rings. The normalized spacial score (nSPS) is 11.6. The van der Waals surface area contributed by atoms with Crippen molar-refractivity contribution < 1.29 is 19.1 Å². The number of rotatable bonds is 16. The molecule has 4 nitrogen and oxygen atoms in total. The highest BCUT2D eigenvalue weighted by atomic mass is 16.5. The molecule has 0 N–H and O–H groups in total. The van der Waals surface area contributed by atoms with Crippen LogP contribution in [0.1, 0.15) is 105 Å². The second-order valence-electron chi connectivity index (χ2n) is 8.89. The number of ether oxygens (including phenoxy) is 2. The lowest BCUT2D eigenvalue weighted by Crippen LogP contribution is -2.26. The minimum atomic E-state index is -0.315. The van der Waals surface area contributed by atoms with Crippen LogP contribution in [0.25, 0.3) is 0 Å². The fourth-order valence-electron chi connectivity index (χ4n) is 2.94. The van der Waals surface area contributed by atoms with Crippen LogP contribution < -0.4 is 0 Å². The summed E-state index contributed by atoms with van der Waals surface area (Å²) in [6.45, 7) is 18.8. The molecule has 0 fully saturated rings. The Morgan fingerprint density at radius 1 is 0.767 bits per heavy atom. The van der Waals surface area contributed by atoms with Gasteiger partial charge in [-0.3, -0.25) is 0 Å². The smallest absolute Gasteiger partial charge is 0.330 e. The van der Waals surface area contributed by atoms with Gasteiger partial charge < -0.3 is 9.47 Å². The summed E-state index contributed by atoms with van der Waals surface area (Å²) in [5.74, 6) is -0.191. The number of unbranched alkanes of at least 4 members (excludes halogenated alkanes) is 8. The Morgan fingerprint density at radius 2 is 1.23 bits per heavy atom. The Balaban J connectivity index is 0. The first-order valence-electron chi connectivity index (χ1n) is 11.8. The predicted molar refractivity (Wildman–Crippen MR) is 127 cm³/mol. The molecule has 0 heterocycles. The lowest BCUT2D eigenvalue weighted by Gasteiger charge is -2.30. The number of carbonyl (C=O) groups is 2. The predicted octanol–water partition coefficient (Wildman–Crippen LogP) is 7.42. The summed E-state index contributed by atoms with van der Waals surface area (Å²) >= 11 is 0. The van der Waals surface area contributed by atoms with Crippen molar-refractivity contribution in [1.82, 2.24) is 0 Å². The van der Waals surface area contributed by atoms with Gasteiger partial charge in [0.15, 0.2) is 0 Å². The molecular weight excluding hydrogens is 376 g/mol. The number of hydrogen-bond donors (Lipinski definition) is 0. The summed E-state index contributed by atoms with van der Waals surface area (Å²) in [6.07, 6.45) is 15.9. The molecule has 1 atom stereocenters. The molecular formula is C26H48O4. The first kappa shape index (κ1) is 30.6. The van der Waals surface area contributed by atoms with Crippen LogP contribution >= 0.6 is 0 Å². The van der Waals surface area contributed by atoms with Crippen molar-refractivity contribution in [2.24, 2.45) is 11.3 Å². The lowest BCUT2D eigenvalue weighted by atomic mass is 9.78. The molecule has 0 spiro atoms. The van der Waals surface area contributed by atoms with Crippen LogP contribution in [0.2, 0.25) is 0 Å². The van der Waals surface area contributed by atoms with Gasteiger partial charge in [0, 0.05) is 12.2 Å². The summed E-state index contributed by atoms with van der Waals surface area (Å²) in [7, 11) is 0. The Kier molecular flexibility index (Phi) is 21.1. The molecule has 0 aromatic rings. The third kappa shape index (κ3) is 21.1. The van der Waals surface area contributed by atoms with Crippen LogP contribution in [-0.4, -0.2) is 25.2 Å². The van der Waals surface area contributed by atoms with Crippen LogP contribution in [-0.2, 0) is 19.1 Å². The van der Waals surface area contributed by atoms with E-state index in [2.05, 4.69) is 47.8 Å². The van der Waals surface area contributed by atoms with Gasteiger partial charge in [0.05, 0.1) is 13.2 Å². The molecule has 0 saturated carbocycles. The van der Waals surface area contributed by atoms with E-state index >= 15 is 0 Å². The highest BCUT2D eigenvalue weighted by Gasteiger charge is 2.25. The van der Waals surface area contributed by atoms with Crippen molar-refractivity contribution >= 4 is 11.9 Å². The standard InChI is InChI=1S/C14H26O2.C12H22O2/c1-6-8-9-10-12(14(3,4)5)11-16-13(15)7-2;1-3-5-6-7-8-9-10-11-14-12(13)4-2/h7,12H,2,6,8-11H2,1,3-5H3;4H,2-3,5-11H2,1H3. The van der Waals surface area contributed by atoms with Crippen LogP contribution in [0.3, 0.4) is 0 Å². The first-order valence-corrected chi connectivity index (χ1v) is 11.8. The lowest BCUT2D eigenvalue weighted by molar-refractivity contribution is -0.140. The molecule has 0 aliphatic carbocycles. The maximum absolute atomic E-state index is 11.0. The number of hydrogen-bond acceptors (Lipinski definition) is 4. The third-order valence-electron chi connectivity index (χ3n) is 5.13. The molecule has 4 heteroatoms. The van der Waals surface area contributed by atoms with Crippen molar-refractivity contribution in [2.45, 2.75) is 105 Å². The van der Waals surface area contributed by atoms with Gasteiger partial charge in [-0.15, -0.1) is 0 Å². The van der Waals surface area contributed by atoms with Gasteiger partial charge in [0.2, 0.25) is 0 Å². The minimum absolute atomic E-state index is 0.190. The van der Waals surface area contributed by atoms with Gasteiger partial charge in [0.25, 0.3) is 0 Å². The van der Waals surface area contributed by atoms with Crippen LogP contribution in [0.15, 0.2) is 25.3 Å². The quantitative estimate of drug-likeness (QED) is 0.147. The number of esters is 2. The largest absolute Gasteiger partial charge is 0.463 e. The zero-order valence-corrected chi connectivity index (χ0v) is 20.5. The maximum Gasteiger partial charge on any atom is 0.330 e. The zero-order chi connectivity index (χ0) is 23.3. The van der Waals surface area contributed by atoms with Gasteiger partial charge in [-0.1, -0.05) is 106 Å². The summed E-state index contributed by atoms with van der Waals surface area (Å²) in [4.78, 5) is 21.7. The molecule has 1 unspecified atom stereocenters. The van der Waals surface area contributed by atoms with Gasteiger partial charge in [-0.05, 0) is 24.2 Å².